The Morgan fingerprint density at radius 3 is 2.64 bits per heavy atom. The molecule has 0 spiro atoms. The van der Waals surface area contributed by atoms with Crippen LogP contribution in [-0.4, -0.2) is 85.7 Å². The quantitative estimate of drug-likeness (QED) is 0.471. The third-order valence-electron chi connectivity index (χ3n) is 7.18. The standard InChI is InChI=1S/C27H40N6O3/c1-21(34)33-16-10-22(11-17-33)20-29-26-9-12-28-27(30-26)31(2)23-7-8-24(35-3)25(19-23)36-18-6-15-32-13-4-5-14-32/h7-9,12,19,22H,4-6,10-11,13-18,20H2,1-3H3,(H,28,29,30). The summed E-state index contributed by atoms with van der Waals surface area (Å²) in [6.07, 6.45) is 7.41. The van der Waals surface area contributed by atoms with E-state index in [1.165, 1.54) is 25.9 Å². The van der Waals surface area contributed by atoms with Crippen LogP contribution in [-0.2, 0) is 4.79 Å². The van der Waals surface area contributed by atoms with Crippen molar-refractivity contribution in [3.05, 3.63) is 30.5 Å². The molecule has 2 aromatic rings. The van der Waals surface area contributed by atoms with Crippen LogP contribution in [0.4, 0.5) is 17.5 Å². The van der Waals surface area contributed by atoms with Gasteiger partial charge in [-0.05, 0) is 69.3 Å². The lowest BCUT2D eigenvalue weighted by atomic mass is 9.97. The highest BCUT2D eigenvalue weighted by atomic mass is 16.5. The van der Waals surface area contributed by atoms with E-state index in [1.807, 2.05) is 41.1 Å². The van der Waals surface area contributed by atoms with Gasteiger partial charge < -0.3 is 29.5 Å². The number of hydrogen-bond acceptors (Lipinski definition) is 8. The minimum atomic E-state index is 0.166. The van der Waals surface area contributed by atoms with Crippen molar-refractivity contribution >= 4 is 23.4 Å². The molecule has 0 unspecified atom stereocenters. The van der Waals surface area contributed by atoms with Crippen molar-refractivity contribution in [2.24, 2.45) is 5.92 Å². The molecule has 9 nitrogen and oxygen atoms in total. The molecule has 0 radical (unpaired) electrons. The van der Waals surface area contributed by atoms with E-state index < -0.39 is 0 Å². The first-order valence-electron chi connectivity index (χ1n) is 13.1. The second kappa shape index (κ2) is 12.8. The van der Waals surface area contributed by atoms with Gasteiger partial charge in [0.25, 0.3) is 0 Å². The number of benzene rings is 1. The van der Waals surface area contributed by atoms with Gasteiger partial charge in [0.1, 0.15) is 5.82 Å². The Labute approximate surface area is 214 Å². The zero-order valence-electron chi connectivity index (χ0n) is 21.9. The number of hydrogen-bond donors (Lipinski definition) is 1. The Kier molecular flexibility index (Phi) is 9.22. The van der Waals surface area contributed by atoms with Crippen molar-refractivity contribution in [2.75, 3.05) is 70.2 Å². The highest BCUT2D eigenvalue weighted by molar-refractivity contribution is 5.73. The molecule has 1 amide bonds. The minimum absolute atomic E-state index is 0.166. The number of nitrogens with zero attached hydrogens (tertiary/aromatic N) is 5. The largest absolute Gasteiger partial charge is 0.493 e. The number of rotatable bonds is 11. The van der Waals surface area contributed by atoms with Crippen molar-refractivity contribution < 1.29 is 14.3 Å². The lowest BCUT2D eigenvalue weighted by Gasteiger charge is -2.31. The number of methoxy groups -OCH3 is 1. The summed E-state index contributed by atoms with van der Waals surface area (Å²) in [5.74, 6) is 3.56. The van der Waals surface area contributed by atoms with Crippen LogP contribution < -0.4 is 19.7 Å². The molecular formula is C27H40N6O3. The van der Waals surface area contributed by atoms with E-state index in [0.29, 0.717) is 18.5 Å². The Morgan fingerprint density at radius 1 is 1.14 bits per heavy atom. The fraction of sp³-hybridized carbons (Fsp3) is 0.593. The number of ether oxygens (including phenoxy) is 2. The lowest BCUT2D eigenvalue weighted by molar-refractivity contribution is -0.130. The summed E-state index contributed by atoms with van der Waals surface area (Å²) in [5, 5.41) is 3.46. The highest BCUT2D eigenvalue weighted by Crippen LogP contribution is 2.33. The number of amides is 1. The summed E-state index contributed by atoms with van der Waals surface area (Å²) < 4.78 is 11.6. The van der Waals surface area contributed by atoms with Crippen LogP contribution in [0.1, 0.15) is 39.0 Å². The van der Waals surface area contributed by atoms with Gasteiger partial charge in [-0.3, -0.25) is 4.79 Å². The molecule has 0 saturated carbocycles. The van der Waals surface area contributed by atoms with E-state index in [0.717, 1.165) is 68.4 Å². The van der Waals surface area contributed by atoms with E-state index >= 15 is 0 Å². The average Bonchev–Trinajstić information content (AvgIpc) is 3.43. The van der Waals surface area contributed by atoms with Crippen molar-refractivity contribution in [3.63, 3.8) is 0 Å². The molecular weight excluding hydrogens is 456 g/mol. The molecule has 9 heteroatoms. The summed E-state index contributed by atoms with van der Waals surface area (Å²) in [6.45, 7) is 8.29. The maximum absolute atomic E-state index is 11.5. The number of anilines is 3. The molecule has 2 aliphatic rings. The minimum Gasteiger partial charge on any atom is -0.493 e. The first kappa shape index (κ1) is 26.0. The Hall–Kier alpha value is -3.07. The van der Waals surface area contributed by atoms with Crippen LogP contribution in [0.25, 0.3) is 0 Å². The first-order valence-corrected chi connectivity index (χ1v) is 13.1. The number of carbonyl (C=O) groups excluding carboxylic acids is 1. The van der Waals surface area contributed by atoms with Gasteiger partial charge in [-0.1, -0.05) is 0 Å². The van der Waals surface area contributed by atoms with Crippen molar-refractivity contribution in [1.29, 1.82) is 0 Å². The van der Waals surface area contributed by atoms with Crippen LogP contribution in [0.15, 0.2) is 30.5 Å². The predicted molar refractivity (Wildman–Crippen MR) is 142 cm³/mol. The van der Waals surface area contributed by atoms with Gasteiger partial charge in [0.05, 0.1) is 13.7 Å². The first-order chi connectivity index (χ1) is 17.5. The summed E-state index contributed by atoms with van der Waals surface area (Å²) in [6, 6.07) is 7.80. The molecule has 0 aliphatic carbocycles. The lowest BCUT2D eigenvalue weighted by Crippen LogP contribution is -2.38. The number of nitrogens with one attached hydrogen (secondary N) is 1. The average molecular weight is 497 g/mol. The third kappa shape index (κ3) is 7.00. The normalized spacial score (nSPS) is 16.7. The highest BCUT2D eigenvalue weighted by Gasteiger charge is 2.21. The summed E-state index contributed by atoms with van der Waals surface area (Å²) in [5.41, 5.74) is 0.930. The van der Waals surface area contributed by atoms with Gasteiger partial charge >= 0.3 is 0 Å². The number of likely N-dealkylation sites (tertiary alicyclic amines) is 2. The van der Waals surface area contributed by atoms with Crippen molar-refractivity contribution in [1.82, 2.24) is 19.8 Å². The summed E-state index contributed by atoms with van der Waals surface area (Å²) in [7, 11) is 3.62. The van der Waals surface area contributed by atoms with Crippen LogP contribution in [0.3, 0.4) is 0 Å². The molecule has 36 heavy (non-hydrogen) atoms. The van der Waals surface area contributed by atoms with Gasteiger partial charge in [-0.15, -0.1) is 0 Å². The fourth-order valence-corrected chi connectivity index (χ4v) is 4.89. The Morgan fingerprint density at radius 2 is 1.92 bits per heavy atom. The van der Waals surface area contributed by atoms with Crippen LogP contribution >= 0.6 is 0 Å². The predicted octanol–water partition coefficient (Wildman–Crippen LogP) is 3.79. The molecule has 0 bridgehead atoms. The smallest absolute Gasteiger partial charge is 0.231 e. The van der Waals surface area contributed by atoms with Gasteiger partial charge in [0.15, 0.2) is 11.5 Å². The van der Waals surface area contributed by atoms with E-state index in [-0.39, 0.29) is 5.91 Å². The van der Waals surface area contributed by atoms with E-state index in [1.54, 1.807) is 20.2 Å². The zero-order chi connectivity index (χ0) is 25.3. The van der Waals surface area contributed by atoms with Gasteiger partial charge in [-0.25, -0.2) is 4.98 Å². The number of carbonyl (C=O) groups is 1. The van der Waals surface area contributed by atoms with Crippen molar-refractivity contribution in [3.8, 4) is 11.5 Å². The summed E-state index contributed by atoms with van der Waals surface area (Å²) >= 11 is 0. The topological polar surface area (TPSA) is 83.1 Å². The molecule has 1 N–H and O–H groups in total. The second-order valence-corrected chi connectivity index (χ2v) is 9.72. The molecule has 1 aromatic heterocycles. The fourth-order valence-electron chi connectivity index (χ4n) is 4.89. The molecule has 2 fully saturated rings. The monoisotopic (exact) mass is 496 g/mol. The van der Waals surface area contributed by atoms with E-state index in [2.05, 4.69) is 15.2 Å². The van der Waals surface area contributed by atoms with E-state index in [9.17, 15) is 4.79 Å². The molecule has 1 aromatic carbocycles. The molecule has 2 aliphatic heterocycles. The van der Waals surface area contributed by atoms with Crippen LogP contribution in [0.2, 0.25) is 0 Å². The number of piperidine rings is 1. The molecule has 2 saturated heterocycles. The van der Waals surface area contributed by atoms with Crippen molar-refractivity contribution in [2.45, 2.75) is 39.0 Å². The Balaban J connectivity index is 1.33. The summed E-state index contributed by atoms with van der Waals surface area (Å²) in [4.78, 5) is 27.1. The van der Waals surface area contributed by atoms with E-state index in [4.69, 9.17) is 14.5 Å². The zero-order valence-corrected chi connectivity index (χ0v) is 21.9. The van der Waals surface area contributed by atoms with Gasteiger partial charge in [0, 0.05) is 58.1 Å². The van der Waals surface area contributed by atoms with Gasteiger partial charge in [-0.2, -0.15) is 4.98 Å². The molecule has 196 valence electrons. The van der Waals surface area contributed by atoms with Crippen LogP contribution in [0.5, 0.6) is 11.5 Å². The Bertz CT molecular complexity index is 989. The van der Waals surface area contributed by atoms with Crippen LogP contribution in [0, 0.1) is 5.92 Å². The molecule has 3 heterocycles. The number of aromatic nitrogens is 2. The third-order valence-corrected chi connectivity index (χ3v) is 7.18. The maximum Gasteiger partial charge on any atom is 0.231 e. The molecule has 4 rings (SSSR count). The maximum atomic E-state index is 11.5. The SMILES string of the molecule is COc1ccc(N(C)c2nccc(NCC3CCN(C(C)=O)CC3)n2)cc1OCCCN1CCCC1. The molecule has 0 atom stereocenters. The second-order valence-electron chi connectivity index (χ2n) is 9.72. The van der Waals surface area contributed by atoms with Gasteiger partial charge in [0.2, 0.25) is 11.9 Å².